The summed E-state index contributed by atoms with van der Waals surface area (Å²) < 4.78 is 10.6. The molecule has 2 saturated carbocycles. The number of likely N-dealkylation sites (tertiary alicyclic amines) is 1. The maximum Gasteiger partial charge on any atom is 0.336 e. The molecule has 7 nitrogen and oxygen atoms in total. The van der Waals surface area contributed by atoms with Crippen LogP contribution < -0.4 is 10.4 Å². The van der Waals surface area contributed by atoms with Gasteiger partial charge in [-0.05, 0) is 54.7 Å². The first-order valence-corrected chi connectivity index (χ1v) is 10.2. The van der Waals surface area contributed by atoms with Crippen molar-refractivity contribution in [2.45, 2.75) is 13.3 Å². The molecular weight excluding hydrogens is 386 g/mol. The molecule has 5 aliphatic rings. The van der Waals surface area contributed by atoms with E-state index in [9.17, 15) is 19.2 Å². The fourth-order valence-corrected chi connectivity index (χ4v) is 5.85. The fourth-order valence-electron chi connectivity index (χ4n) is 5.85. The number of imide groups is 1. The van der Waals surface area contributed by atoms with Crippen molar-refractivity contribution in [2.24, 2.45) is 35.5 Å². The Morgan fingerprint density at radius 2 is 1.73 bits per heavy atom. The predicted molar refractivity (Wildman–Crippen MR) is 104 cm³/mol. The smallest absolute Gasteiger partial charge is 0.336 e. The fraction of sp³-hybridized carbons (Fsp3) is 0.391. The molecule has 4 aliphatic carbocycles. The second-order valence-electron chi connectivity index (χ2n) is 8.80. The van der Waals surface area contributed by atoms with Gasteiger partial charge in [0, 0.05) is 17.5 Å². The maximum absolute atomic E-state index is 13.0. The highest BCUT2D eigenvalue weighted by Crippen LogP contribution is 2.65. The van der Waals surface area contributed by atoms with E-state index >= 15 is 0 Å². The third-order valence-electron chi connectivity index (χ3n) is 7.19. The molecule has 0 N–H and O–H groups in total. The van der Waals surface area contributed by atoms with Gasteiger partial charge in [-0.1, -0.05) is 12.2 Å². The molecule has 0 spiro atoms. The van der Waals surface area contributed by atoms with E-state index in [2.05, 4.69) is 12.2 Å². The Bertz CT molecular complexity index is 1190. The summed E-state index contributed by atoms with van der Waals surface area (Å²) in [4.78, 5) is 51.0. The first-order valence-electron chi connectivity index (χ1n) is 10.2. The van der Waals surface area contributed by atoms with Gasteiger partial charge in [-0.2, -0.15) is 0 Å². The van der Waals surface area contributed by atoms with E-state index in [1.807, 2.05) is 6.92 Å². The lowest BCUT2D eigenvalue weighted by atomic mass is 9.63. The molecule has 6 atom stereocenters. The molecule has 2 aromatic rings. The van der Waals surface area contributed by atoms with Crippen molar-refractivity contribution in [3.05, 3.63) is 52.4 Å². The van der Waals surface area contributed by atoms with Crippen LogP contribution in [0.4, 0.5) is 0 Å². The van der Waals surface area contributed by atoms with Gasteiger partial charge in [0.2, 0.25) is 11.8 Å². The van der Waals surface area contributed by atoms with Crippen LogP contribution in [-0.4, -0.2) is 29.2 Å². The highest BCUT2D eigenvalue weighted by molar-refractivity contribution is 6.08. The highest BCUT2D eigenvalue weighted by atomic mass is 16.5. The zero-order valence-corrected chi connectivity index (χ0v) is 16.2. The van der Waals surface area contributed by atoms with E-state index < -0.39 is 18.1 Å². The summed E-state index contributed by atoms with van der Waals surface area (Å²) in [6.07, 6.45) is 5.28. The average molecular weight is 405 g/mol. The molecule has 152 valence electrons. The van der Waals surface area contributed by atoms with Crippen molar-refractivity contribution in [1.82, 2.24) is 4.90 Å². The Labute approximate surface area is 171 Å². The SMILES string of the molecule is Cc1cc(OC(=O)CN2C(=O)[C@@H]3[C@H]4C=C[C@H]([C@H]5C[C@H]45)[C@@H]3C2=O)cc2oc(=O)ccc12. The van der Waals surface area contributed by atoms with Crippen LogP contribution in [0.1, 0.15) is 12.0 Å². The van der Waals surface area contributed by atoms with Gasteiger partial charge in [0.1, 0.15) is 17.9 Å². The van der Waals surface area contributed by atoms with Crippen LogP contribution in [0.5, 0.6) is 5.75 Å². The van der Waals surface area contributed by atoms with Crippen LogP contribution in [0.15, 0.2) is 45.6 Å². The van der Waals surface area contributed by atoms with Gasteiger partial charge in [-0.15, -0.1) is 0 Å². The quantitative estimate of drug-likeness (QED) is 0.255. The Balaban J connectivity index is 1.22. The molecule has 1 saturated heterocycles. The lowest BCUT2D eigenvalue weighted by Crippen LogP contribution is -2.40. The number of amides is 2. The first-order chi connectivity index (χ1) is 14.4. The van der Waals surface area contributed by atoms with Crippen molar-refractivity contribution in [3.63, 3.8) is 0 Å². The average Bonchev–Trinajstić information content (AvgIpc) is 3.49. The zero-order valence-electron chi connectivity index (χ0n) is 16.2. The highest BCUT2D eigenvalue weighted by Gasteiger charge is 2.67. The van der Waals surface area contributed by atoms with Gasteiger partial charge in [0.25, 0.3) is 0 Å². The normalized spacial score (nSPS) is 33.0. The van der Waals surface area contributed by atoms with Crippen molar-refractivity contribution in [2.75, 3.05) is 6.54 Å². The summed E-state index contributed by atoms with van der Waals surface area (Å²) in [7, 11) is 0. The molecule has 3 fully saturated rings. The van der Waals surface area contributed by atoms with Gasteiger partial charge in [0.05, 0.1) is 11.8 Å². The van der Waals surface area contributed by atoms with E-state index in [0.29, 0.717) is 17.4 Å². The standard InChI is InChI=1S/C23H19NO6/c1-10-6-11(7-17-12(10)4-5-18(25)30-17)29-19(26)9-24-22(27)20-13-2-3-14(16-8-15(13)16)21(20)23(24)28/h2-7,13-16,20-21H,8-9H2,1H3/t13-,14+,15-,16-,20+,21-/m1/s1. The van der Waals surface area contributed by atoms with Crippen molar-refractivity contribution >= 4 is 28.8 Å². The number of nitrogens with zero attached hydrogens (tertiary/aromatic N) is 1. The Morgan fingerprint density at radius 3 is 2.40 bits per heavy atom. The third kappa shape index (κ3) is 2.38. The number of allylic oxidation sites excluding steroid dienone is 2. The van der Waals surface area contributed by atoms with E-state index in [0.717, 1.165) is 22.3 Å². The number of hydrogen-bond acceptors (Lipinski definition) is 6. The number of rotatable bonds is 3. The zero-order chi connectivity index (χ0) is 20.7. The molecule has 2 heterocycles. The van der Waals surface area contributed by atoms with Gasteiger partial charge in [-0.3, -0.25) is 14.5 Å². The molecule has 30 heavy (non-hydrogen) atoms. The Morgan fingerprint density at radius 1 is 1.07 bits per heavy atom. The molecule has 2 amide bonds. The van der Waals surface area contributed by atoms with Crippen LogP contribution in [0.2, 0.25) is 0 Å². The minimum atomic E-state index is -0.696. The molecule has 1 aromatic carbocycles. The summed E-state index contributed by atoms with van der Waals surface area (Å²) in [5, 5.41) is 0.741. The molecule has 2 bridgehead atoms. The minimum absolute atomic E-state index is 0.119. The van der Waals surface area contributed by atoms with Crippen molar-refractivity contribution < 1.29 is 23.5 Å². The molecule has 1 aromatic heterocycles. The van der Waals surface area contributed by atoms with E-state index in [1.54, 1.807) is 12.1 Å². The van der Waals surface area contributed by atoms with Crippen LogP contribution >= 0.6 is 0 Å². The summed E-state index contributed by atoms with van der Waals surface area (Å²) in [5.74, 6) is -0.402. The second kappa shape index (κ2) is 5.90. The molecule has 7 heteroatoms. The number of carbonyl (C=O) groups is 3. The maximum atomic E-state index is 13.0. The van der Waals surface area contributed by atoms with Crippen LogP contribution in [0.25, 0.3) is 11.0 Å². The van der Waals surface area contributed by atoms with Crippen LogP contribution in [-0.2, 0) is 14.4 Å². The lowest BCUT2D eigenvalue weighted by Gasteiger charge is -2.37. The summed E-state index contributed by atoms with van der Waals surface area (Å²) >= 11 is 0. The summed E-state index contributed by atoms with van der Waals surface area (Å²) in [6, 6.07) is 6.10. The van der Waals surface area contributed by atoms with E-state index in [4.69, 9.17) is 9.15 Å². The molecule has 0 unspecified atom stereocenters. The van der Waals surface area contributed by atoms with E-state index in [1.165, 1.54) is 12.1 Å². The Hall–Kier alpha value is -3.22. The topological polar surface area (TPSA) is 93.9 Å². The number of ether oxygens (including phenoxy) is 1. The molecular formula is C23H19NO6. The molecule has 7 rings (SSSR count). The predicted octanol–water partition coefficient (Wildman–Crippen LogP) is 2.06. The molecule has 0 radical (unpaired) electrons. The largest absolute Gasteiger partial charge is 0.425 e. The van der Waals surface area contributed by atoms with Crippen LogP contribution in [0.3, 0.4) is 0 Å². The van der Waals surface area contributed by atoms with Gasteiger partial charge >= 0.3 is 11.6 Å². The minimum Gasteiger partial charge on any atom is -0.425 e. The van der Waals surface area contributed by atoms with E-state index in [-0.39, 0.29) is 41.2 Å². The molecule has 1 aliphatic heterocycles. The number of fused-ring (bicyclic) bond motifs is 1. The monoisotopic (exact) mass is 405 g/mol. The Kier molecular flexibility index (Phi) is 3.47. The number of aryl methyl sites for hydroxylation is 1. The summed E-state index contributed by atoms with van der Waals surface area (Å²) in [5.41, 5.74) is 0.592. The summed E-state index contributed by atoms with van der Waals surface area (Å²) in [6.45, 7) is 1.40. The van der Waals surface area contributed by atoms with Crippen molar-refractivity contribution in [3.8, 4) is 5.75 Å². The first kappa shape index (κ1) is 17.6. The van der Waals surface area contributed by atoms with Crippen molar-refractivity contribution in [1.29, 1.82) is 0 Å². The van der Waals surface area contributed by atoms with Gasteiger partial charge < -0.3 is 9.15 Å². The van der Waals surface area contributed by atoms with Gasteiger partial charge in [0.15, 0.2) is 0 Å². The number of hydrogen-bond donors (Lipinski definition) is 0. The second-order valence-corrected chi connectivity index (χ2v) is 8.80. The number of carbonyl (C=O) groups excluding carboxylic acids is 3. The lowest BCUT2D eigenvalue weighted by molar-refractivity contribution is -0.148. The van der Waals surface area contributed by atoms with Crippen LogP contribution in [0, 0.1) is 42.4 Å². The number of benzene rings is 1. The third-order valence-corrected chi connectivity index (χ3v) is 7.19. The van der Waals surface area contributed by atoms with Gasteiger partial charge in [-0.25, -0.2) is 9.59 Å². The number of esters is 1.